The standard InChI is InChI=1S/C21H21F3N2O2/c22-21(23,24)17-9-11-18(12-10-17)25-19(27)15-5-7-16(8-6-15)20(28)26-13-3-1-2-4-14-26/h5-12H,1-4,13-14H2,(H,25,27). The van der Waals surface area contributed by atoms with Crippen LogP contribution in [-0.2, 0) is 6.18 Å². The molecule has 0 aliphatic carbocycles. The summed E-state index contributed by atoms with van der Waals surface area (Å²) in [7, 11) is 0. The Morgan fingerprint density at radius 2 is 1.32 bits per heavy atom. The predicted octanol–water partition coefficient (Wildman–Crippen LogP) is 4.97. The lowest BCUT2D eigenvalue weighted by Gasteiger charge is -2.20. The number of rotatable bonds is 3. The first-order chi connectivity index (χ1) is 13.3. The first-order valence-electron chi connectivity index (χ1n) is 9.22. The minimum absolute atomic E-state index is 0.0448. The summed E-state index contributed by atoms with van der Waals surface area (Å²) in [6.07, 6.45) is -0.156. The number of alkyl halides is 3. The normalized spacial score (nSPS) is 15.0. The van der Waals surface area contributed by atoms with Gasteiger partial charge in [0.25, 0.3) is 11.8 Å². The summed E-state index contributed by atoms with van der Waals surface area (Å²) in [5.74, 6) is -0.495. The first-order valence-corrected chi connectivity index (χ1v) is 9.22. The van der Waals surface area contributed by atoms with Crippen LogP contribution in [0, 0.1) is 0 Å². The van der Waals surface area contributed by atoms with Crippen molar-refractivity contribution in [1.82, 2.24) is 4.90 Å². The molecule has 0 atom stereocenters. The van der Waals surface area contributed by atoms with Gasteiger partial charge in [-0.3, -0.25) is 9.59 Å². The predicted molar refractivity (Wildman–Crippen MR) is 100 cm³/mol. The third kappa shape index (κ3) is 4.91. The van der Waals surface area contributed by atoms with Crippen LogP contribution in [0.25, 0.3) is 0 Å². The number of halogens is 3. The second kappa shape index (κ2) is 8.46. The Kier molecular flexibility index (Phi) is 6.02. The first kappa shape index (κ1) is 19.9. The average Bonchev–Trinajstić information content (AvgIpc) is 2.97. The highest BCUT2D eigenvalue weighted by Crippen LogP contribution is 2.29. The lowest BCUT2D eigenvalue weighted by atomic mass is 10.1. The highest BCUT2D eigenvalue weighted by molar-refractivity contribution is 6.05. The van der Waals surface area contributed by atoms with Gasteiger partial charge in [0.2, 0.25) is 0 Å². The number of nitrogens with zero attached hydrogens (tertiary/aromatic N) is 1. The zero-order valence-electron chi connectivity index (χ0n) is 15.3. The maximum Gasteiger partial charge on any atom is 0.416 e. The molecule has 2 aromatic rings. The summed E-state index contributed by atoms with van der Waals surface area (Å²) in [5, 5.41) is 2.56. The van der Waals surface area contributed by atoms with E-state index in [2.05, 4.69) is 5.32 Å². The zero-order chi connectivity index (χ0) is 20.1. The highest BCUT2D eigenvalue weighted by Gasteiger charge is 2.30. The van der Waals surface area contributed by atoms with Crippen molar-refractivity contribution in [3.05, 3.63) is 65.2 Å². The van der Waals surface area contributed by atoms with Gasteiger partial charge in [0, 0.05) is 29.9 Å². The summed E-state index contributed by atoms with van der Waals surface area (Å²) in [5.41, 5.74) is 0.338. The van der Waals surface area contributed by atoms with E-state index in [0.29, 0.717) is 11.1 Å². The van der Waals surface area contributed by atoms with Crippen LogP contribution in [0.4, 0.5) is 18.9 Å². The van der Waals surface area contributed by atoms with Crippen LogP contribution in [0.3, 0.4) is 0 Å². The molecule has 1 N–H and O–H groups in total. The number of hydrogen-bond donors (Lipinski definition) is 1. The van der Waals surface area contributed by atoms with E-state index in [1.165, 1.54) is 12.1 Å². The molecule has 28 heavy (non-hydrogen) atoms. The maximum absolute atomic E-state index is 12.6. The highest BCUT2D eigenvalue weighted by atomic mass is 19.4. The number of hydrogen-bond acceptors (Lipinski definition) is 2. The Hall–Kier alpha value is -2.83. The summed E-state index contributed by atoms with van der Waals surface area (Å²) in [6, 6.07) is 10.5. The SMILES string of the molecule is O=C(Nc1ccc(C(F)(F)F)cc1)c1ccc(C(=O)N2CCCCCC2)cc1. The van der Waals surface area contributed by atoms with Crippen LogP contribution in [0.2, 0.25) is 0 Å². The van der Waals surface area contributed by atoms with Crippen molar-refractivity contribution in [3.63, 3.8) is 0 Å². The summed E-state index contributed by atoms with van der Waals surface area (Å²) in [6.45, 7) is 1.49. The molecule has 2 amide bonds. The van der Waals surface area contributed by atoms with Crippen molar-refractivity contribution >= 4 is 17.5 Å². The molecule has 4 nitrogen and oxygen atoms in total. The van der Waals surface area contributed by atoms with Crippen LogP contribution in [-0.4, -0.2) is 29.8 Å². The van der Waals surface area contributed by atoms with E-state index in [9.17, 15) is 22.8 Å². The topological polar surface area (TPSA) is 49.4 Å². The van der Waals surface area contributed by atoms with Crippen molar-refractivity contribution in [3.8, 4) is 0 Å². The molecule has 1 heterocycles. The van der Waals surface area contributed by atoms with Gasteiger partial charge in [-0.1, -0.05) is 12.8 Å². The fourth-order valence-corrected chi connectivity index (χ4v) is 3.17. The Morgan fingerprint density at radius 3 is 1.86 bits per heavy atom. The van der Waals surface area contributed by atoms with Gasteiger partial charge in [-0.25, -0.2) is 0 Å². The molecule has 148 valence electrons. The number of anilines is 1. The van der Waals surface area contributed by atoms with Crippen LogP contribution in [0.15, 0.2) is 48.5 Å². The van der Waals surface area contributed by atoms with E-state index in [0.717, 1.165) is 50.9 Å². The number of amides is 2. The molecule has 1 saturated heterocycles. The summed E-state index contributed by atoms with van der Waals surface area (Å²) in [4.78, 5) is 26.7. The molecule has 0 aromatic heterocycles. The van der Waals surface area contributed by atoms with Crippen LogP contribution < -0.4 is 5.32 Å². The minimum atomic E-state index is -4.42. The molecule has 1 aliphatic heterocycles. The van der Waals surface area contributed by atoms with Gasteiger partial charge >= 0.3 is 6.18 Å². The molecule has 3 rings (SSSR count). The lowest BCUT2D eigenvalue weighted by molar-refractivity contribution is -0.137. The van der Waals surface area contributed by atoms with Gasteiger partial charge in [0.1, 0.15) is 0 Å². The van der Waals surface area contributed by atoms with Crippen LogP contribution in [0.5, 0.6) is 0 Å². The van der Waals surface area contributed by atoms with Gasteiger partial charge in [0.05, 0.1) is 5.56 Å². The second-order valence-corrected chi connectivity index (χ2v) is 6.81. The van der Waals surface area contributed by atoms with Gasteiger partial charge in [-0.2, -0.15) is 13.2 Å². The molecule has 0 spiro atoms. The van der Waals surface area contributed by atoms with Crippen LogP contribution >= 0.6 is 0 Å². The van der Waals surface area contributed by atoms with Crippen molar-refractivity contribution in [2.24, 2.45) is 0 Å². The fraction of sp³-hybridized carbons (Fsp3) is 0.333. The summed E-state index contributed by atoms with van der Waals surface area (Å²) < 4.78 is 37.8. The molecule has 0 saturated carbocycles. The van der Waals surface area contributed by atoms with Crippen molar-refractivity contribution < 1.29 is 22.8 Å². The molecule has 0 bridgehead atoms. The third-order valence-electron chi connectivity index (χ3n) is 4.76. The van der Waals surface area contributed by atoms with E-state index in [1.807, 2.05) is 4.90 Å². The van der Waals surface area contributed by atoms with Gasteiger partial charge in [-0.05, 0) is 61.4 Å². The van der Waals surface area contributed by atoms with E-state index < -0.39 is 17.6 Å². The minimum Gasteiger partial charge on any atom is -0.339 e. The van der Waals surface area contributed by atoms with Crippen molar-refractivity contribution in [1.29, 1.82) is 0 Å². The molecule has 1 fully saturated rings. The largest absolute Gasteiger partial charge is 0.416 e. The second-order valence-electron chi connectivity index (χ2n) is 6.81. The smallest absolute Gasteiger partial charge is 0.339 e. The zero-order valence-corrected chi connectivity index (χ0v) is 15.3. The Labute approximate surface area is 161 Å². The van der Waals surface area contributed by atoms with E-state index >= 15 is 0 Å². The van der Waals surface area contributed by atoms with E-state index in [4.69, 9.17) is 0 Å². The number of carbonyl (C=O) groups is 2. The molecular formula is C21H21F3N2O2. The fourth-order valence-electron chi connectivity index (χ4n) is 3.17. The van der Waals surface area contributed by atoms with Gasteiger partial charge in [0.15, 0.2) is 0 Å². The quantitative estimate of drug-likeness (QED) is 0.804. The molecule has 0 radical (unpaired) electrons. The van der Waals surface area contributed by atoms with E-state index in [1.54, 1.807) is 24.3 Å². The number of nitrogens with one attached hydrogen (secondary N) is 1. The Bertz CT molecular complexity index is 822. The Morgan fingerprint density at radius 1 is 0.786 bits per heavy atom. The molecule has 2 aromatic carbocycles. The van der Waals surface area contributed by atoms with E-state index in [-0.39, 0.29) is 11.6 Å². The van der Waals surface area contributed by atoms with Crippen molar-refractivity contribution in [2.45, 2.75) is 31.9 Å². The number of likely N-dealkylation sites (tertiary alicyclic amines) is 1. The van der Waals surface area contributed by atoms with Crippen molar-refractivity contribution in [2.75, 3.05) is 18.4 Å². The van der Waals surface area contributed by atoms with Gasteiger partial charge < -0.3 is 10.2 Å². The monoisotopic (exact) mass is 390 g/mol. The molecule has 7 heteroatoms. The van der Waals surface area contributed by atoms with Gasteiger partial charge in [-0.15, -0.1) is 0 Å². The molecular weight excluding hydrogens is 369 g/mol. The lowest BCUT2D eigenvalue weighted by Crippen LogP contribution is -2.31. The number of benzene rings is 2. The number of carbonyl (C=O) groups excluding carboxylic acids is 2. The van der Waals surface area contributed by atoms with Crippen LogP contribution in [0.1, 0.15) is 52.0 Å². The Balaban J connectivity index is 1.64. The summed E-state index contributed by atoms with van der Waals surface area (Å²) >= 11 is 0. The average molecular weight is 390 g/mol. The molecule has 0 unspecified atom stereocenters. The third-order valence-corrected chi connectivity index (χ3v) is 4.76. The maximum atomic E-state index is 12.6. The molecule has 1 aliphatic rings.